The highest BCUT2D eigenvalue weighted by Crippen LogP contribution is 2.44. The summed E-state index contributed by atoms with van der Waals surface area (Å²) in [7, 11) is 0. The number of carboxylic acids is 1. The van der Waals surface area contributed by atoms with Crippen molar-refractivity contribution in [3.05, 3.63) is 83.7 Å². The van der Waals surface area contributed by atoms with Gasteiger partial charge in [0, 0.05) is 18.9 Å². The third kappa shape index (κ3) is 4.33. The Hall–Kier alpha value is -4.24. The summed E-state index contributed by atoms with van der Waals surface area (Å²) in [5, 5.41) is 21.6. The minimum absolute atomic E-state index is 0.0171. The summed E-state index contributed by atoms with van der Waals surface area (Å²) in [5.41, 5.74) is 4.84. The zero-order chi connectivity index (χ0) is 24.5. The average Bonchev–Trinajstić information content (AvgIpc) is 3.41. The predicted octanol–water partition coefficient (Wildman–Crippen LogP) is 3.10. The van der Waals surface area contributed by atoms with Gasteiger partial charge < -0.3 is 19.8 Å². The first-order chi connectivity index (χ1) is 16.9. The molecule has 0 unspecified atom stereocenters. The SMILES string of the molecule is O=C(Nc1ccc(C(=O)N2C[C@@H](O)C[C@H]2C(=O)O)nc1)OCC1c2ccccc2-c2ccccc21. The van der Waals surface area contributed by atoms with E-state index in [-0.39, 0.29) is 31.2 Å². The number of rotatable bonds is 5. The number of hydrogen-bond donors (Lipinski definition) is 3. The van der Waals surface area contributed by atoms with Crippen molar-refractivity contribution in [3.63, 3.8) is 0 Å². The molecule has 1 aromatic heterocycles. The summed E-state index contributed by atoms with van der Waals surface area (Å²) in [6, 6.07) is 17.9. The molecular weight excluding hydrogens is 450 g/mol. The molecule has 0 radical (unpaired) electrons. The quantitative estimate of drug-likeness (QED) is 0.519. The van der Waals surface area contributed by atoms with Crippen LogP contribution in [0.2, 0.25) is 0 Å². The molecule has 9 heteroatoms. The molecule has 3 N–H and O–H groups in total. The zero-order valence-corrected chi connectivity index (χ0v) is 18.6. The van der Waals surface area contributed by atoms with E-state index in [0.29, 0.717) is 5.69 Å². The minimum Gasteiger partial charge on any atom is -0.480 e. The molecule has 1 saturated heterocycles. The highest BCUT2D eigenvalue weighted by atomic mass is 16.5. The van der Waals surface area contributed by atoms with Crippen LogP contribution in [0.5, 0.6) is 0 Å². The van der Waals surface area contributed by atoms with Gasteiger partial charge in [-0.05, 0) is 34.4 Å². The van der Waals surface area contributed by atoms with Gasteiger partial charge in [0.15, 0.2) is 0 Å². The van der Waals surface area contributed by atoms with E-state index < -0.39 is 30.1 Å². The van der Waals surface area contributed by atoms with E-state index >= 15 is 0 Å². The largest absolute Gasteiger partial charge is 0.480 e. The van der Waals surface area contributed by atoms with Crippen molar-refractivity contribution in [2.24, 2.45) is 0 Å². The second-order valence-electron chi connectivity index (χ2n) is 8.58. The number of nitrogens with one attached hydrogen (secondary N) is 1. The molecule has 0 bridgehead atoms. The van der Waals surface area contributed by atoms with Crippen LogP contribution < -0.4 is 5.32 Å². The Balaban J connectivity index is 1.21. The smallest absolute Gasteiger partial charge is 0.411 e. The van der Waals surface area contributed by atoms with Crippen molar-refractivity contribution >= 4 is 23.7 Å². The lowest BCUT2D eigenvalue weighted by Crippen LogP contribution is -2.40. The van der Waals surface area contributed by atoms with E-state index in [0.717, 1.165) is 27.2 Å². The van der Waals surface area contributed by atoms with Crippen LogP contribution in [0.4, 0.5) is 10.5 Å². The summed E-state index contributed by atoms with van der Waals surface area (Å²) >= 11 is 0. The zero-order valence-electron chi connectivity index (χ0n) is 18.6. The van der Waals surface area contributed by atoms with Crippen molar-refractivity contribution in [3.8, 4) is 11.1 Å². The molecule has 2 atom stereocenters. The molecule has 9 nitrogen and oxygen atoms in total. The van der Waals surface area contributed by atoms with E-state index in [9.17, 15) is 24.6 Å². The Morgan fingerprint density at radius 2 is 1.66 bits per heavy atom. The third-order valence-electron chi connectivity index (χ3n) is 6.40. The number of ether oxygens (including phenoxy) is 1. The van der Waals surface area contributed by atoms with Gasteiger partial charge in [-0.1, -0.05) is 48.5 Å². The molecule has 1 aliphatic carbocycles. The summed E-state index contributed by atoms with van der Waals surface area (Å²) in [6.07, 6.45) is -0.268. The molecule has 0 spiro atoms. The summed E-state index contributed by atoms with van der Waals surface area (Å²) in [4.78, 5) is 41.6. The third-order valence-corrected chi connectivity index (χ3v) is 6.40. The highest BCUT2D eigenvalue weighted by Gasteiger charge is 2.39. The maximum Gasteiger partial charge on any atom is 0.411 e. The number of hydrogen-bond acceptors (Lipinski definition) is 6. The van der Waals surface area contributed by atoms with Crippen molar-refractivity contribution in [1.82, 2.24) is 9.88 Å². The van der Waals surface area contributed by atoms with Gasteiger partial charge in [-0.2, -0.15) is 0 Å². The summed E-state index contributed by atoms with van der Waals surface area (Å²) < 4.78 is 5.51. The standard InChI is InChI=1S/C26H23N3O6/c30-16-11-23(25(32)33)29(13-16)24(31)22-10-9-15(12-27-22)28-26(34)35-14-21-19-7-3-1-5-17(19)18-6-2-4-8-20(18)21/h1-10,12,16,21,23,30H,11,13-14H2,(H,28,34)(H,32,33)/t16-,23-/m0/s1. The fourth-order valence-corrected chi connectivity index (χ4v) is 4.77. The number of carbonyl (C=O) groups excluding carboxylic acids is 2. The van der Waals surface area contributed by atoms with Crippen LogP contribution in [-0.4, -0.2) is 63.4 Å². The van der Waals surface area contributed by atoms with Crippen LogP contribution >= 0.6 is 0 Å². The van der Waals surface area contributed by atoms with Gasteiger partial charge in [-0.25, -0.2) is 14.6 Å². The fraction of sp³-hybridized carbons (Fsp3) is 0.231. The van der Waals surface area contributed by atoms with E-state index in [4.69, 9.17) is 4.74 Å². The van der Waals surface area contributed by atoms with E-state index in [2.05, 4.69) is 22.4 Å². The van der Waals surface area contributed by atoms with Crippen molar-refractivity contribution in [1.29, 1.82) is 0 Å². The van der Waals surface area contributed by atoms with Crippen molar-refractivity contribution in [2.75, 3.05) is 18.5 Å². The summed E-state index contributed by atoms with van der Waals surface area (Å²) in [5.74, 6) is -1.84. The lowest BCUT2D eigenvalue weighted by atomic mass is 9.98. The molecule has 5 rings (SSSR count). The fourth-order valence-electron chi connectivity index (χ4n) is 4.77. The number of amides is 2. The van der Waals surface area contributed by atoms with Crippen molar-refractivity contribution < 1.29 is 29.3 Å². The Kier molecular flexibility index (Phi) is 5.92. The molecule has 35 heavy (non-hydrogen) atoms. The Labute approximate surface area is 201 Å². The predicted molar refractivity (Wildman–Crippen MR) is 126 cm³/mol. The first-order valence-corrected chi connectivity index (χ1v) is 11.2. The number of nitrogens with zero attached hydrogens (tertiary/aromatic N) is 2. The van der Waals surface area contributed by atoms with Gasteiger partial charge in [0.2, 0.25) is 0 Å². The van der Waals surface area contributed by atoms with Crippen LogP contribution in [-0.2, 0) is 9.53 Å². The number of pyridine rings is 1. The monoisotopic (exact) mass is 473 g/mol. The first-order valence-electron chi connectivity index (χ1n) is 11.2. The molecule has 1 fully saturated rings. The Morgan fingerprint density at radius 1 is 1.00 bits per heavy atom. The van der Waals surface area contributed by atoms with Gasteiger partial charge in [-0.3, -0.25) is 10.1 Å². The molecule has 0 saturated carbocycles. The maximum atomic E-state index is 12.7. The maximum absolute atomic E-state index is 12.7. The average molecular weight is 473 g/mol. The molecule has 2 aromatic carbocycles. The summed E-state index contributed by atoms with van der Waals surface area (Å²) in [6.45, 7) is 0.0922. The number of β-amino-alcohol motifs (C(OH)–C–C–N with tert-alkyl or cyclic N) is 1. The number of aromatic nitrogens is 1. The number of aliphatic hydroxyl groups excluding tert-OH is 1. The number of aliphatic hydroxyl groups is 1. The number of fused-ring (bicyclic) bond motifs is 3. The van der Waals surface area contributed by atoms with Crippen LogP contribution in [0.25, 0.3) is 11.1 Å². The van der Waals surface area contributed by atoms with Gasteiger partial charge >= 0.3 is 12.1 Å². The van der Waals surface area contributed by atoms with Gasteiger partial charge in [0.05, 0.1) is 18.0 Å². The topological polar surface area (TPSA) is 129 Å². The van der Waals surface area contributed by atoms with Crippen molar-refractivity contribution in [2.45, 2.75) is 24.5 Å². The van der Waals surface area contributed by atoms with Crippen LogP contribution in [0, 0.1) is 0 Å². The molecule has 2 aliphatic rings. The number of aliphatic carboxylic acids is 1. The molecular formula is C26H23N3O6. The number of carboxylic acid groups (broad SMARTS) is 1. The second kappa shape index (κ2) is 9.19. The lowest BCUT2D eigenvalue weighted by Gasteiger charge is -2.20. The number of likely N-dealkylation sites (tertiary alicyclic amines) is 1. The minimum atomic E-state index is -1.18. The molecule has 2 heterocycles. The molecule has 178 valence electrons. The lowest BCUT2D eigenvalue weighted by molar-refractivity contribution is -0.141. The molecule has 3 aromatic rings. The number of benzene rings is 2. The van der Waals surface area contributed by atoms with Crippen LogP contribution in [0.15, 0.2) is 66.9 Å². The second-order valence-corrected chi connectivity index (χ2v) is 8.58. The highest BCUT2D eigenvalue weighted by molar-refractivity contribution is 5.96. The normalized spacial score (nSPS) is 18.6. The van der Waals surface area contributed by atoms with Crippen LogP contribution in [0.3, 0.4) is 0 Å². The van der Waals surface area contributed by atoms with Gasteiger partial charge in [-0.15, -0.1) is 0 Å². The number of carbonyl (C=O) groups is 3. The van der Waals surface area contributed by atoms with E-state index in [1.54, 1.807) is 0 Å². The van der Waals surface area contributed by atoms with Crippen LogP contribution in [0.1, 0.15) is 34.0 Å². The van der Waals surface area contributed by atoms with Gasteiger partial charge in [0.1, 0.15) is 18.3 Å². The Bertz CT molecular complexity index is 1250. The molecule has 1 aliphatic heterocycles. The molecule has 2 amide bonds. The van der Waals surface area contributed by atoms with E-state index in [1.165, 1.54) is 18.3 Å². The van der Waals surface area contributed by atoms with E-state index in [1.807, 2.05) is 36.4 Å². The van der Waals surface area contributed by atoms with Gasteiger partial charge in [0.25, 0.3) is 5.91 Å². The first kappa shape index (κ1) is 22.5. The Morgan fingerprint density at radius 3 is 2.26 bits per heavy atom. The number of anilines is 1.